The van der Waals surface area contributed by atoms with E-state index in [4.69, 9.17) is 16.3 Å². The van der Waals surface area contributed by atoms with Crippen LogP contribution >= 0.6 is 11.6 Å². The van der Waals surface area contributed by atoms with E-state index in [9.17, 15) is 5.11 Å². The molecule has 1 heterocycles. The van der Waals surface area contributed by atoms with Gasteiger partial charge < -0.3 is 15.2 Å². The van der Waals surface area contributed by atoms with E-state index in [1.54, 1.807) is 0 Å². The van der Waals surface area contributed by atoms with Crippen LogP contribution in [0.2, 0.25) is 5.02 Å². The van der Waals surface area contributed by atoms with Crippen molar-refractivity contribution < 1.29 is 9.84 Å². The molecule has 4 heteroatoms. The van der Waals surface area contributed by atoms with Gasteiger partial charge in [0.05, 0.1) is 17.7 Å². The van der Waals surface area contributed by atoms with Crippen LogP contribution in [0.15, 0.2) is 6.07 Å². The Morgan fingerprint density at radius 1 is 1.59 bits per heavy atom. The molecule has 1 aliphatic rings. The summed E-state index contributed by atoms with van der Waals surface area (Å²) in [6, 6.07) is 1.82. The van der Waals surface area contributed by atoms with Crippen molar-refractivity contribution in [2.75, 3.05) is 20.2 Å². The Kier molecular flexibility index (Phi) is 3.92. The third-order valence-corrected chi connectivity index (χ3v) is 3.51. The first-order valence-electron chi connectivity index (χ1n) is 5.92. The predicted molar refractivity (Wildman–Crippen MR) is 68.9 cm³/mol. The summed E-state index contributed by atoms with van der Waals surface area (Å²) in [5.41, 5.74) is 3.15. The van der Waals surface area contributed by atoms with E-state index in [1.165, 1.54) is 0 Å². The Morgan fingerprint density at radius 2 is 2.35 bits per heavy atom. The molecule has 3 nitrogen and oxygen atoms in total. The van der Waals surface area contributed by atoms with E-state index in [1.807, 2.05) is 20.0 Å². The van der Waals surface area contributed by atoms with Gasteiger partial charge in [-0.1, -0.05) is 11.6 Å². The van der Waals surface area contributed by atoms with Gasteiger partial charge in [0.15, 0.2) is 0 Å². The maximum atomic E-state index is 10.1. The van der Waals surface area contributed by atoms with Crippen LogP contribution in [0.3, 0.4) is 0 Å². The van der Waals surface area contributed by atoms with Crippen LogP contribution in [0.25, 0.3) is 0 Å². The van der Waals surface area contributed by atoms with Crippen molar-refractivity contribution in [2.45, 2.75) is 25.9 Å². The molecule has 94 valence electrons. The van der Waals surface area contributed by atoms with Crippen LogP contribution < -0.4 is 10.1 Å². The maximum absolute atomic E-state index is 10.1. The van der Waals surface area contributed by atoms with Crippen LogP contribution in [0.4, 0.5) is 0 Å². The van der Waals surface area contributed by atoms with Crippen LogP contribution in [0.1, 0.15) is 29.2 Å². The lowest BCUT2D eigenvalue weighted by Gasteiger charge is -2.24. The first-order chi connectivity index (χ1) is 8.15. The van der Waals surface area contributed by atoms with Gasteiger partial charge in [-0.25, -0.2) is 0 Å². The average Bonchev–Trinajstić information content (AvgIpc) is 2.34. The number of hydrogen-bond acceptors (Lipinski definition) is 3. The number of aliphatic hydroxyl groups excluding tert-OH is 1. The monoisotopic (exact) mass is 255 g/mol. The fourth-order valence-corrected chi connectivity index (χ4v) is 2.61. The van der Waals surface area contributed by atoms with Crippen LogP contribution in [0, 0.1) is 6.92 Å². The number of rotatable bonds is 3. The molecule has 0 amide bonds. The lowest BCUT2D eigenvalue weighted by atomic mass is 9.93. The van der Waals surface area contributed by atoms with E-state index in [0.29, 0.717) is 11.6 Å². The summed E-state index contributed by atoms with van der Waals surface area (Å²) in [7, 11) is 1.82. The molecule has 0 aliphatic carbocycles. The van der Waals surface area contributed by atoms with Gasteiger partial charge in [-0.3, -0.25) is 0 Å². The highest BCUT2D eigenvalue weighted by molar-refractivity contribution is 6.32. The van der Waals surface area contributed by atoms with E-state index in [0.717, 1.165) is 41.9 Å². The first-order valence-corrected chi connectivity index (χ1v) is 6.30. The predicted octanol–water partition coefficient (Wildman–Crippen LogP) is 2.23. The van der Waals surface area contributed by atoms with Gasteiger partial charge in [0, 0.05) is 6.54 Å². The van der Waals surface area contributed by atoms with E-state index in [2.05, 4.69) is 5.32 Å². The number of halogens is 1. The van der Waals surface area contributed by atoms with Gasteiger partial charge in [0.2, 0.25) is 0 Å². The molecule has 1 unspecified atom stereocenters. The third kappa shape index (κ3) is 2.41. The van der Waals surface area contributed by atoms with Crippen molar-refractivity contribution in [3.8, 4) is 5.75 Å². The lowest BCUT2D eigenvalue weighted by Crippen LogP contribution is -2.19. The Hall–Kier alpha value is -0.770. The quantitative estimate of drug-likeness (QED) is 0.870. The minimum atomic E-state index is -0.523. The van der Waals surface area contributed by atoms with E-state index >= 15 is 0 Å². The zero-order chi connectivity index (χ0) is 12.4. The molecule has 2 N–H and O–H groups in total. The van der Waals surface area contributed by atoms with Crippen LogP contribution in [-0.2, 0) is 6.42 Å². The molecule has 0 saturated carbocycles. The van der Waals surface area contributed by atoms with Crippen molar-refractivity contribution in [1.82, 2.24) is 5.32 Å². The number of likely N-dealkylation sites (N-methyl/N-ethyl adjacent to an activating group) is 1. The minimum Gasteiger partial charge on any atom is -0.492 e. The largest absolute Gasteiger partial charge is 0.492 e. The first kappa shape index (κ1) is 12.7. The molecule has 17 heavy (non-hydrogen) atoms. The number of benzene rings is 1. The molecule has 0 aromatic heterocycles. The SMILES string of the molecule is CNCC(O)c1cc(Cl)c2c(c1C)CCCO2. The average molecular weight is 256 g/mol. The second kappa shape index (κ2) is 5.25. The molecular formula is C13H18ClNO2. The minimum absolute atomic E-state index is 0.523. The summed E-state index contributed by atoms with van der Waals surface area (Å²) in [5, 5.41) is 13.6. The highest BCUT2D eigenvalue weighted by Crippen LogP contribution is 2.38. The van der Waals surface area contributed by atoms with Crippen molar-refractivity contribution in [3.63, 3.8) is 0 Å². The smallest absolute Gasteiger partial charge is 0.141 e. The fourth-order valence-electron chi connectivity index (χ4n) is 2.33. The highest BCUT2D eigenvalue weighted by atomic mass is 35.5. The van der Waals surface area contributed by atoms with Gasteiger partial charge in [-0.2, -0.15) is 0 Å². The summed E-state index contributed by atoms with van der Waals surface area (Å²) in [6.07, 6.45) is 1.46. The van der Waals surface area contributed by atoms with E-state index < -0.39 is 6.10 Å². The molecule has 1 aromatic rings. The zero-order valence-corrected chi connectivity index (χ0v) is 11.0. The molecule has 0 radical (unpaired) electrons. The summed E-state index contributed by atoms with van der Waals surface area (Å²) < 4.78 is 5.60. The zero-order valence-electron chi connectivity index (χ0n) is 10.2. The number of hydrogen-bond donors (Lipinski definition) is 2. The summed E-state index contributed by atoms with van der Waals surface area (Å²) >= 11 is 6.21. The Bertz CT molecular complexity index is 420. The van der Waals surface area contributed by atoms with Crippen molar-refractivity contribution in [1.29, 1.82) is 0 Å². The van der Waals surface area contributed by atoms with E-state index in [-0.39, 0.29) is 0 Å². The topological polar surface area (TPSA) is 41.5 Å². The van der Waals surface area contributed by atoms with Gasteiger partial charge in [-0.15, -0.1) is 0 Å². The number of nitrogens with one attached hydrogen (secondary N) is 1. The molecule has 0 fully saturated rings. The van der Waals surface area contributed by atoms with Crippen molar-refractivity contribution >= 4 is 11.6 Å². The highest BCUT2D eigenvalue weighted by Gasteiger charge is 2.21. The number of fused-ring (bicyclic) bond motifs is 1. The number of aliphatic hydroxyl groups is 1. The van der Waals surface area contributed by atoms with Crippen molar-refractivity contribution in [2.24, 2.45) is 0 Å². The fraction of sp³-hybridized carbons (Fsp3) is 0.538. The summed E-state index contributed by atoms with van der Waals surface area (Å²) in [5.74, 6) is 0.802. The molecule has 1 atom stereocenters. The molecule has 2 rings (SSSR count). The molecule has 1 aliphatic heterocycles. The number of ether oxygens (including phenoxy) is 1. The second-order valence-electron chi connectivity index (χ2n) is 4.41. The molecular weight excluding hydrogens is 238 g/mol. The molecule has 1 aromatic carbocycles. The molecule has 0 bridgehead atoms. The maximum Gasteiger partial charge on any atom is 0.141 e. The van der Waals surface area contributed by atoms with Crippen molar-refractivity contribution in [3.05, 3.63) is 27.8 Å². The van der Waals surface area contributed by atoms with Gasteiger partial charge >= 0.3 is 0 Å². The van der Waals surface area contributed by atoms with Crippen LogP contribution in [0.5, 0.6) is 5.75 Å². The summed E-state index contributed by atoms with van der Waals surface area (Å²) in [4.78, 5) is 0. The lowest BCUT2D eigenvalue weighted by molar-refractivity contribution is 0.176. The Balaban J connectivity index is 2.44. The molecule has 0 saturated heterocycles. The van der Waals surface area contributed by atoms with Crippen LogP contribution in [-0.4, -0.2) is 25.3 Å². The third-order valence-electron chi connectivity index (χ3n) is 3.23. The van der Waals surface area contributed by atoms with Gasteiger partial charge in [0.25, 0.3) is 0 Å². The standard InChI is InChI=1S/C13H18ClNO2/c1-8-9-4-3-5-17-13(9)11(14)6-10(8)12(16)7-15-2/h6,12,15-16H,3-5,7H2,1-2H3. The Labute approximate surface area is 107 Å². The van der Waals surface area contributed by atoms with Gasteiger partial charge in [-0.05, 0) is 49.6 Å². The van der Waals surface area contributed by atoms with Gasteiger partial charge in [0.1, 0.15) is 5.75 Å². The summed E-state index contributed by atoms with van der Waals surface area (Å²) in [6.45, 7) is 3.28. The normalized spacial score (nSPS) is 16.2. The molecule has 0 spiro atoms. The second-order valence-corrected chi connectivity index (χ2v) is 4.81. The Morgan fingerprint density at radius 3 is 3.06 bits per heavy atom.